The average molecular weight is 370 g/mol. The van der Waals surface area contributed by atoms with E-state index in [1.54, 1.807) is 18.5 Å². The molecule has 142 valence electrons. The van der Waals surface area contributed by atoms with E-state index in [-0.39, 0.29) is 30.2 Å². The first-order chi connectivity index (χ1) is 13.2. The number of hydrogen-bond donors (Lipinski definition) is 1. The molecule has 2 fully saturated rings. The van der Waals surface area contributed by atoms with Crippen LogP contribution >= 0.6 is 0 Å². The number of amides is 2. The van der Waals surface area contributed by atoms with Crippen LogP contribution in [0.15, 0.2) is 23.0 Å². The van der Waals surface area contributed by atoms with Gasteiger partial charge in [-0.2, -0.15) is 4.98 Å². The second-order valence-electron chi connectivity index (χ2n) is 7.03. The summed E-state index contributed by atoms with van der Waals surface area (Å²) in [5.41, 5.74) is 0. The molecule has 9 heteroatoms. The minimum atomic E-state index is -0.0877. The Balaban J connectivity index is 1.24. The third kappa shape index (κ3) is 3.96. The van der Waals surface area contributed by atoms with Crippen molar-refractivity contribution in [2.24, 2.45) is 11.8 Å². The maximum Gasteiger partial charge on any atom is 0.246 e. The van der Waals surface area contributed by atoms with Crippen molar-refractivity contribution in [3.8, 4) is 11.6 Å². The Morgan fingerprint density at radius 1 is 1.07 bits per heavy atom. The number of carbonyl (C=O) groups excluding carboxylic acids is 2. The Morgan fingerprint density at radius 3 is 2.48 bits per heavy atom. The van der Waals surface area contributed by atoms with Crippen molar-refractivity contribution in [2.75, 3.05) is 13.1 Å². The lowest BCUT2D eigenvalue weighted by Gasteiger charge is -2.36. The number of likely N-dealkylation sites (tertiary alicyclic amines) is 1. The average Bonchev–Trinajstić information content (AvgIpc) is 3.14. The molecule has 2 aromatic rings. The molecule has 1 N–H and O–H groups in total. The number of hydrogen-bond acceptors (Lipinski definition) is 7. The molecule has 1 aliphatic heterocycles. The van der Waals surface area contributed by atoms with E-state index in [1.165, 1.54) is 0 Å². The second-order valence-corrected chi connectivity index (χ2v) is 7.03. The van der Waals surface area contributed by atoms with Gasteiger partial charge in [-0.3, -0.25) is 9.59 Å². The summed E-state index contributed by atoms with van der Waals surface area (Å²) in [6.45, 7) is 1.48. The van der Waals surface area contributed by atoms with Gasteiger partial charge in [-0.25, -0.2) is 9.97 Å². The maximum atomic E-state index is 12.4. The molecule has 0 atom stereocenters. The largest absolute Gasteiger partial charge is 0.347 e. The van der Waals surface area contributed by atoms with E-state index in [4.69, 9.17) is 4.52 Å². The van der Waals surface area contributed by atoms with Crippen molar-refractivity contribution in [3.63, 3.8) is 0 Å². The number of nitrogens with zero attached hydrogens (tertiary/aromatic N) is 5. The lowest BCUT2D eigenvalue weighted by atomic mass is 9.83. The Kier molecular flexibility index (Phi) is 5.08. The highest BCUT2D eigenvalue weighted by Gasteiger charge is 2.33. The van der Waals surface area contributed by atoms with Crippen LogP contribution in [0, 0.1) is 11.8 Å². The Bertz CT molecular complexity index is 796. The zero-order chi connectivity index (χ0) is 18.6. The fourth-order valence-corrected chi connectivity index (χ4v) is 3.41. The second kappa shape index (κ2) is 7.81. The van der Waals surface area contributed by atoms with Gasteiger partial charge in [0.05, 0.1) is 6.54 Å². The number of aromatic nitrogens is 4. The minimum Gasteiger partial charge on any atom is -0.347 e. The molecule has 2 aliphatic rings. The van der Waals surface area contributed by atoms with Crippen molar-refractivity contribution < 1.29 is 14.1 Å². The van der Waals surface area contributed by atoms with Gasteiger partial charge in [0.15, 0.2) is 0 Å². The van der Waals surface area contributed by atoms with Gasteiger partial charge in [0.25, 0.3) is 0 Å². The lowest BCUT2D eigenvalue weighted by Crippen LogP contribution is -2.46. The van der Waals surface area contributed by atoms with Crippen molar-refractivity contribution in [1.82, 2.24) is 30.3 Å². The smallest absolute Gasteiger partial charge is 0.246 e. The first-order valence-corrected chi connectivity index (χ1v) is 9.37. The third-order valence-corrected chi connectivity index (χ3v) is 5.28. The standard InChI is InChI=1S/C18H22N6O3/c25-17(12-5-9-24(10-6-12)18(26)13-3-1-4-13)21-11-14-22-16(23-27-14)15-19-7-2-8-20-15/h2,7-8,12-13H,1,3-6,9-11H2,(H,21,25). The molecule has 1 saturated carbocycles. The fourth-order valence-electron chi connectivity index (χ4n) is 3.41. The van der Waals surface area contributed by atoms with Crippen LogP contribution in [0.1, 0.15) is 38.0 Å². The molecule has 0 spiro atoms. The summed E-state index contributed by atoms with van der Waals surface area (Å²) in [4.78, 5) is 38.9. The number of piperidine rings is 1. The molecule has 1 saturated heterocycles. The molecule has 0 radical (unpaired) electrons. The molecule has 0 bridgehead atoms. The third-order valence-electron chi connectivity index (χ3n) is 5.28. The van der Waals surface area contributed by atoms with Crippen LogP contribution in [0.5, 0.6) is 0 Å². The lowest BCUT2D eigenvalue weighted by molar-refractivity contribution is -0.141. The SMILES string of the molecule is O=C(NCc1nc(-c2ncccn2)no1)C1CCN(C(=O)C2CCC2)CC1. The van der Waals surface area contributed by atoms with E-state index in [0.717, 1.165) is 19.3 Å². The highest BCUT2D eigenvalue weighted by molar-refractivity contribution is 5.81. The van der Waals surface area contributed by atoms with Crippen molar-refractivity contribution >= 4 is 11.8 Å². The van der Waals surface area contributed by atoms with Crippen molar-refractivity contribution in [1.29, 1.82) is 0 Å². The molecule has 2 amide bonds. The quantitative estimate of drug-likeness (QED) is 0.840. The van der Waals surface area contributed by atoms with Crippen LogP contribution in [0.3, 0.4) is 0 Å². The van der Waals surface area contributed by atoms with Crippen LogP contribution < -0.4 is 5.32 Å². The predicted octanol–water partition coefficient (Wildman–Crippen LogP) is 1.18. The van der Waals surface area contributed by atoms with E-state index < -0.39 is 0 Å². The summed E-state index contributed by atoms with van der Waals surface area (Å²) in [5, 5.41) is 6.67. The summed E-state index contributed by atoms with van der Waals surface area (Å²) in [7, 11) is 0. The van der Waals surface area contributed by atoms with Gasteiger partial charge in [-0.05, 0) is 31.7 Å². The number of carbonyl (C=O) groups is 2. The normalized spacial score (nSPS) is 18.1. The van der Waals surface area contributed by atoms with E-state index in [2.05, 4.69) is 25.4 Å². The molecule has 2 aromatic heterocycles. The first kappa shape index (κ1) is 17.6. The molecule has 0 aromatic carbocycles. The van der Waals surface area contributed by atoms with Crippen molar-refractivity contribution in [2.45, 2.75) is 38.6 Å². The summed E-state index contributed by atoms with van der Waals surface area (Å²) in [6.07, 6.45) is 7.76. The van der Waals surface area contributed by atoms with Gasteiger partial charge < -0.3 is 14.7 Å². The van der Waals surface area contributed by atoms with Crippen LogP contribution in [-0.2, 0) is 16.1 Å². The highest BCUT2D eigenvalue weighted by Crippen LogP contribution is 2.30. The van der Waals surface area contributed by atoms with Crippen LogP contribution in [0.2, 0.25) is 0 Å². The summed E-state index contributed by atoms with van der Waals surface area (Å²) < 4.78 is 5.14. The molecule has 3 heterocycles. The van der Waals surface area contributed by atoms with Crippen molar-refractivity contribution in [3.05, 3.63) is 24.4 Å². The van der Waals surface area contributed by atoms with Crippen LogP contribution in [0.4, 0.5) is 0 Å². The van der Waals surface area contributed by atoms with Gasteiger partial charge >= 0.3 is 0 Å². The van der Waals surface area contributed by atoms with Gasteiger partial charge in [0, 0.05) is 37.3 Å². The summed E-state index contributed by atoms with van der Waals surface area (Å²) in [6, 6.07) is 1.70. The van der Waals surface area contributed by atoms with Gasteiger partial charge in [-0.15, -0.1) is 0 Å². The molecule has 27 heavy (non-hydrogen) atoms. The maximum absolute atomic E-state index is 12.4. The zero-order valence-corrected chi connectivity index (χ0v) is 15.0. The number of nitrogens with one attached hydrogen (secondary N) is 1. The topological polar surface area (TPSA) is 114 Å². The monoisotopic (exact) mass is 370 g/mol. The summed E-state index contributed by atoms with van der Waals surface area (Å²) >= 11 is 0. The van der Waals surface area contributed by atoms with E-state index in [1.807, 2.05) is 4.90 Å². The zero-order valence-electron chi connectivity index (χ0n) is 15.0. The van der Waals surface area contributed by atoms with Gasteiger partial charge in [-0.1, -0.05) is 11.6 Å². The Morgan fingerprint density at radius 2 is 1.81 bits per heavy atom. The minimum absolute atomic E-state index is 0.0403. The Hall–Kier alpha value is -2.84. The van der Waals surface area contributed by atoms with Crippen LogP contribution in [-0.4, -0.2) is 49.9 Å². The predicted molar refractivity (Wildman–Crippen MR) is 93.8 cm³/mol. The molecular formula is C18H22N6O3. The Labute approximate surface area is 156 Å². The summed E-state index contributed by atoms with van der Waals surface area (Å²) in [5.74, 6) is 1.34. The van der Waals surface area contributed by atoms with Gasteiger partial charge in [0.1, 0.15) is 0 Å². The highest BCUT2D eigenvalue weighted by atomic mass is 16.5. The molecule has 0 unspecified atom stereocenters. The molecule has 9 nitrogen and oxygen atoms in total. The fraction of sp³-hybridized carbons (Fsp3) is 0.556. The van der Waals surface area contributed by atoms with E-state index >= 15 is 0 Å². The van der Waals surface area contributed by atoms with Crippen LogP contribution in [0.25, 0.3) is 11.6 Å². The molecule has 1 aliphatic carbocycles. The van der Waals surface area contributed by atoms with E-state index in [0.29, 0.717) is 43.5 Å². The molecular weight excluding hydrogens is 348 g/mol. The molecule has 4 rings (SSSR count). The first-order valence-electron chi connectivity index (χ1n) is 9.37. The van der Waals surface area contributed by atoms with E-state index in [9.17, 15) is 9.59 Å². The number of rotatable bonds is 5. The van der Waals surface area contributed by atoms with Gasteiger partial charge in [0.2, 0.25) is 29.4 Å².